The Morgan fingerprint density at radius 1 is 1.15 bits per heavy atom. The fourth-order valence-corrected chi connectivity index (χ4v) is 5.38. The molecule has 3 aromatic rings. The van der Waals surface area contributed by atoms with Crippen LogP contribution >= 0.6 is 0 Å². The lowest BCUT2D eigenvalue weighted by Crippen LogP contribution is -2.52. The van der Waals surface area contributed by atoms with Gasteiger partial charge in [0.2, 0.25) is 5.91 Å². The Balaban J connectivity index is 1.13. The van der Waals surface area contributed by atoms with E-state index < -0.39 is 0 Å². The van der Waals surface area contributed by atoms with E-state index in [-0.39, 0.29) is 24.0 Å². The fraction of sp³-hybridized carbons (Fsp3) is 0.400. The number of nitrogens with zero attached hydrogens (tertiary/aromatic N) is 4. The van der Waals surface area contributed by atoms with E-state index in [2.05, 4.69) is 49.5 Å². The molecule has 1 amide bonds. The third-order valence-electron chi connectivity index (χ3n) is 7.42. The van der Waals surface area contributed by atoms with Crippen molar-refractivity contribution in [2.75, 3.05) is 43.4 Å². The zero-order valence-electron chi connectivity index (χ0n) is 22.5. The Labute approximate surface area is 229 Å². The average Bonchev–Trinajstić information content (AvgIpc) is 2.93. The van der Waals surface area contributed by atoms with E-state index in [1.54, 1.807) is 12.4 Å². The number of nitrogens with one attached hydrogen (secondary N) is 2. The molecule has 0 saturated carbocycles. The largest absolute Gasteiger partial charge is 0.460 e. The second-order valence-corrected chi connectivity index (χ2v) is 10.4. The number of ether oxygens (including phenoxy) is 1. The normalized spacial score (nSPS) is 20.2. The molecule has 2 N–H and O–H groups in total. The summed E-state index contributed by atoms with van der Waals surface area (Å²) in [6, 6.07) is 16.3. The molecular formula is C30H36N6O3. The standard InChI is InChI=1S/C30H36N6O3/c1-21-18-36(19-29(38)39-21)25-12-15-35(16-13-25)14-6-9-28(37)34-24-10-11-27-26(17-24)30(32-20-31-27)33-22(2)23-7-4-3-5-8-23/h3-11,17,20-22,25H,12-16,18-19H2,1-2H3,(H,34,37)(H,31,32,33). The minimum absolute atomic E-state index is 0.0402. The molecule has 3 heterocycles. The fourth-order valence-electron chi connectivity index (χ4n) is 5.38. The smallest absolute Gasteiger partial charge is 0.320 e. The number of cyclic esters (lactones) is 1. The van der Waals surface area contributed by atoms with Gasteiger partial charge in [0.1, 0.15) is 18.2 Å². The molecule has 5 rings (SSSR count). The van der Waals surface area contributed by atoms with Crippen LogP contribution in [0.15, 0.2) is 67.0 Å². The van der Waals surface area contributed by atoms with Gasteiger partial charge >= 0.3 is 5.97 Å². The maximum Gasteiger partial charge on any atom is 0.320 e. The molecule has 0 spiro atoms. The number of fused-ring (bicyclic) bond motifs is 1. The lowest BCUT2D eigenvalue weighted by Gasteiger charge is -2.40. The zero-order chi connectivity index (χ0) is 27.2. The van der Waals surface area contributed by atoms with Crippen molar-refractivity contribution >= 4 is 34.3 Å². The predicted octanol–water partition coefficient (Wildman–Crippen LogP) is 4.01. The molecule has 2 aliphatic rings. The summed E-state index contributed by atoms with van der Waals surface area (Å²) in [6.45, 7) is 7.84. The second kappa shape index (κ2) is 12.4. The average molecular weight is 529 g/mol. The number of carbonyl (C=O) groups is 2. The van der Waals surface area contributed by atoms with E-state index in [0.717, 1.165) is 61.3 Å². The molecule has 9 heteroatoms. The Hall–Kier alpha value is -3.82. The van der Waals surface area contributed by atoms with Gasteiger partial charge in [-0.25, -0.2) is 9.97 Å². The van der Waals surface area contributed by atoms with Crippen molar-refractivity contribution in [1.29, 1.82) is 0 Å². The number of carbonyl (C=O) groups excluding carboxylic acids is 2. The van der Waals surface area contributed by atoms with E-state index >= 15 is 0 Å². The van der Waals surface area contributed by atoms with Crippen molar-refractivity contribution < 1.29 is 14.3 Å². The highest BCUT2D eigenvalue weighted by Crippen LogP contribution is 2.26. The highest BCUT2D eigenvalue weighted by molar-refractivity contribution is 6.01. The van der Waals surface area contributed by atoms with Crippen LogP contribution in [0, 0.1) is 0 Å². The first kappa shape index (κ1) is 26.8. The van der Waals surface area contributed by atoms with Crippen LogP contribution in [-0.2, 0) is 14.3 Å². The predicted molar refractivity (Wildman–Crippen MR) is 152 cm³/mol. The van der Waals surface area contributed by atoms with Crippen LogP contribution < -0.4 is 10.6 Å². The maximum atomic E-state index is 12.6. The molecule has 0 aliphatic carbocycles. The lowest BCUT2D eigenvalue weighted by atomic mass is 10.0. The van der Waals surface area contributed by atoms with Gasteiger partial charge in [0.05, 0.1) is 12.1 Å². The molecule has 0 radical (unpaired) electrons. The molecule has 1 aromatic heterocycles. The first-order valence-corrected chi connectivity index (χ1v) is 13.6. The number of hydrogen-bond acceptors (Lipinski definition) is 8. The lowest BCUT2D eigenvalue weighted by molar-refractivity contribution is -0.159. The number of morpholine rings is 1. The summed E-state index contributed by atoms with van der Waals surface area (Å²) in [7, 11) is 0. The monoisotopic (exact) mass is 528 g/mol. The van der Waals surface area contributed by atoms with Gasteiger partial charge in [-0.2, -0.15) is 0 Å². The molecule has 2 aliphatic heterocycles. The van der Waals surface area contributed by atoms with E-state index in [1.165, 1.54) is 0 Å². The molecule has 0 bridgehead atoms. The molecule has 39 heavy (non-hydrogen) atoms. The number of hydrogen-bond donors (Lipinski definition) is 2. The van der Waals surface area contributed by atoms with Crippen LogP contribution in [0.1, 0.15) is 38.3 Å². The van der Waals surface area contributed by atoms with Gasteiger partial charge in [0, 0.05) is 42.3 Å². The summed E-state index contributed by atoms with van der Waals surface area (Å²) < 4.78 is 5.26. The summed E-state index contributed by atoms with van der Waals surface area (Å²) in [5, 5.41) is 7.28. The molecule has 2 saturated heterocycles. The Bertz CT molecular complexity index is 1320. The minimum atomic E-state index is -0.172. The quantitative estimate of drug-likeness (QED) is 0.334. The minimum Gasteiger partial charge on any atom is -0.460 e. The second-order valence-electron chi connectivity index (χ2n) is 10.4. The van der Waals surface area contributed by atoms with Crippen LogP contribution in [0.2, 0.25) is 0 Å². The van der Waals surface area contributed by atoms with Gasteiger partial charge in [0.25, 0.3) is 0 Å². The van der Waals surface area contributed by atoms with Crippen LogP contribution in [0.5, 0.6) is 0 Å². The number of esters is 1. The molecule has 2 aromatic carbocycles. The summed E-state index contributed by atoms with van der Waals surface area (Å²) in [5.74, 6) is 0.426. The summed E-state index contributed by atoms with van der Waals surface area (Å²) in [6.07, 6.45) is 7.04. The van der Waals surface area contributed by atoms with E-state index in [4.69, 9.17) is 4.74 Å². The number of likely N-dealkylation sites (tertiary alicyclic amines) is 1. The number of anilines is 2. The highest BCUT2D eigenvalue weighted by Gasteiger charge is 2.31. The van der Waals surface area contributed by atoms with Crippen LogP contribution in [0.4, 0.5) is 11.5 Å². The number of piperidine rings is 1. The number of aromatic nitrogens is 2. The van der Waals surface area contributed by atoms with Crippen molar-refractivity contribution in [3.63, 3.8) is 0 Å². The summed E-state index contributed by atoms with van der Waals surface area (Å²) in [5.41, 5.74) is 2.66. The first-order valence-electron chi connectivity index (χ1n) is 13.6. The van der Waals surface area contributed by atoms with Gasteiger partial charge in [-0.3, -0.25) is 19.4 Å². The van der Waals surface area contributed by atoms with Gasteiger partial charge in [-0.05, 0) is 63.5 Å². The van der Waals surface area contributed by atoms with Crippen molar-refractivity contribution in [3.05, 3.63) is 72.6 Å². The van der Waals surface area contributed by atoms with E-state index in [1.807, 2.05) is 49.4 Å². The topological polar surface area (TPSA) is 99.7 Å². The molecule has 2 fully saturated rings. The Morgan fingerprint density at radius 2 is 1.95 bits per heavy atom. The van der Waals surface area contributed by atoms with Crippen LogP contribution in [-0.4, -0.2) is 76.5 Å². The molecule has 2 unspecified atom stereocenters. The van der Waals surface area contributed by atoms with Gasteiger partial charge < -0.3 is 15.4 Å². The molecule has 204 valence electrons. The number of rotatable bonds is 8. The van der Waals surface area contributed by atoms with Crippen molar-refractivity contribution in [2.45, 2.75) is 44.9 Å². The van der Waals surface area contributed by atoms with Crippen molar-refractivity contribution in [3.8, 4) is 0 Å². The van der Waals surface area contributed by atoms with E-state index in [9.17, 15) is 9.59 Å². The molecular weight excluding hydrogens is 492 g/mol. The molecule has 9 nitrogen and oxygen atoms in total. The number of amides is 1. The Morgan fingerprint density at radius 3 is 2.72 bits per heavy atom. The third kappa shape index (κ3) is 6.99. The zero-order valence-corrected chi connectivity index (χ0v) is 22.5. The SMILES string of the molecule is CC1CN(C2CCN(CC=CC(=O)Nc3ccc4ncnc(NC(C)c5ccccc5)c4c3)CC2)CC(=O)O1. The summed E-state index contributed by atoms with van der Waals surface area (Å²) in [4.78, 5) is 37.8. The summed E-state index contributed by atoms with van der Waals surface area (Å²) >= 11 is 0. The molecule has 2 atom stereocenters. The van der Waals surface area contributed by atoms with Crippen LogP contribution in [0.3, 0.4) is 0 Å². The maximum absolute atomic E-state index is 12.6. The first-order chi connectivity index (χ1) is 18.9. The highest BCUT2D eigenvalue weighted by atomic mass is 16.5. The number of benzene rings is 2. The van der Waals surface area contributed by atoms with Crippen LogP contribution in [0.25, 0.3) is 10.9 Å². The van der Waals surface area contributed by atoms with Crippen molar-refractivity contribution in [1.82, 2.24) is 19.8 Å². The third-order valence-corrected chi connectivity index (χ3v) is 7.42. The Kier molecular flexibility index (Phi) is 8.48. The van der Waals surface area contributed by atoms with Crippen molar-refractivity contribution in [2.24, 2.45) is 0 Å². The van der Waals surface area contributed by atoms with Gasteiger partial charge in [-0.15, -0.1) is 0 Å². The van der Waals surface area contributed by atoms with Gasteiger partial charge in [0.15, 0.2) is 0 Å². The van der Waals surface area contributed by atoms with Gasteiger partial charge in [-0.1, -0.05) is 36.4 Å². The van der Waals surface area contributed by atoms with E-state index in [0.29, 0.717) is 18.3 Å².